The number of hydrogen-bond donors (Lipinski definition) is 0. The van der Waals surface area contributed by atoms with Crippen LogP contribution in [-0.2, 0) is 25.7 Å². The summed E-state index contributed by atoms with van der Waals surface area (Å²) in [7, 11) is 1.34. The van der Waals surface area contributed by atoms with Crippen LogP contribution in [0.2, 0.25) is 5.02 Å². The first kappa shape index (κ1) is 17.5. The van der Waals surface area contributed by atoms with Crippen LogP contribution in [0.3, 0.4) is 0 Å². The molecule has 23 heavy (non-hydrogen) atoms. The van der Waals surface area contributed by atoms with Gasteiger partial charge >= 0.3 is 11.9 Å². The average Bonchev–Trinajstić information content (AvgIpc) is 3.04. The molecule has 0 spiro atoms. The minimum atomic E-state index is -0.376. The van der Waals surface area contributed by atoms with Crippen LogP contribution in [0.5, 0.6) is 0 Å². The summed E-state index contributed by atoms with van der Waals surface area (Å²) in [4.78, 5) is 23.8. The predicted molar refractivity (Wildman–Crippen MR) is 87.8 cm³/mol. The van der Waals surface area contributed by atoms with Crippen molar-refractivity contribution in [3.05, 3.63) is 46.5 Å². The molecule has 1 fully saturated rings. The van der Waals surface area contributed by atoms with Gasteiger partial charge in [0.1, 0.15) is 6.61 Å². The number of allylic oxidation sites excluding steroid dienone is 1. The molecule has 0 heterocycles. The second-order valence-corrected chi connectivity index (χ2v) is 6.84. The molecule has 0 unspecified atom stereocenters. The summed E-state index contributed by atoms with van der Waals surface area (Å²) < 4.78 is 10.1. The summed E-state index contributed by atoms with van der Waals surface area (Å²) in [5.41, 5.74) is 1.14. The summed E-state index contributed by atoms with van der Waals surface area (Å²) in [5.74, 6) is -0.901. The fourth-order valence-electron chi connectivity index (χ4n) is 2.81. The minimum absolute atomic E-state index is 0.0199. The number of esters is 2. The minimum Gasteiger partial charge on any atom is -0.466 e. The van der Waals surface area contributed by atoms with E-state index in [-0.39, 0.29) is 35.8 Å². The molecule has 1 aromatic rings. The van der Waals surface area contributed by atoms with Crippen LogP contribution in [0, 0.1) is 17.3 Å². The molecule has 5 heteroatoms. The molecule has 0 N–H and O–H groups in total. The van der Waals surface area contributed by atoms with Gasteiger partial charge in [0.05, 0.1) is 13.0 Å². The van der Waals surface area contributed by atoms with E-state index in [1.165, 1.54) is 7.11 Å². The number of rotatable bonds is 5. The molecule has 124 valence electrons. The van der Waals surface area contributed by atoms with E-state index in [9.17, 15) is 9.59 Å². The maximum Gasteiger partial charge on any atom is 0.333 e. The topological polar surface area (TPSA) is 52.6 Å². The number of halogens is 1. The number of carbonyl (C=O) groups is 2. The summed E-state index contributed by atoms with van der Waals surface area (Å²) in [5, 5.41) is 0.611. The van der Waals surface area contributed by atoms with Crippen molar-refractivity contribution in [1.82, 2.24) is 0 Å². The van der Waals surface area contributed by atoms with Gasteiger partial charge in [-0.15, -0.1) is 0 Å². The third-order valence-corrected chi connectivity index (χ3v) is 4.61. The monoisotopic (exact) mass is 336 g/mol. The molecule has 0 bridgehead atoms. The molecule has 1 saturated carbocycles. The number of carbonyl (C=O) groups excluding carboxylic acids is 2. The van der Waals surface area contributed by atoms with E-state index in [0.29, 0.717) is 10.6 Å². The van der Waals surface area contributed by atoms with E-state index in [2.05, 4.69) is 4.74 Å². The number of hydrogen-bond acceptors (Lipinski definition) is 4. The second-order valence-electron chi connectivity index (χ2n) is 6.40. The molecule has 0 aromatic heterocycles. The van der Waals surface area contributed by atoms with Gasteiger partial charge in [0.2, 0.25) is 0 Å². The lowest BCUT2D eigenvalue weighted by Gasteiger charge is -2.06. The lowest BCUT2D eigenvalue weighted by atomic mass is 10.1. The first-order valence-electron chi connectivity index (χ1n) is 7.45. The molecular formula is C18H21ClO4. The van der Waals surface area contributed by atoms with Gasteiger partial charge in [-0.2, -0.15) is 0 Å². The highest BCUT2D eigenvalue weighted by Crippen LogP contribution is 2.59. The van der Waals surface area contributed by atoms with Crippen molar-refractivity contribution in [2.75, 3.05) is 7.11 Å². The molecule has 0 saturated heterocycles. The molecular weight excluding hydrogens is 316 g/mol. The highest BCUT2D eigenvalue weighted by atomic mass is 35.5. The third-order valence-electron chi connectivity index (χ3n) is 4.37. The first-order chi connectivity index (χ1) is 10.8. The van der Waals surface area contributed by atoms with Crippen LogP contribution in [0.1, 0.15) is 26.3 Å². The summed E-state index contributed by atoms with van der Waals surface area (Å²) in [6, 6.07) is 7.22. The Kier molecular flexibility index (Phi) is 5.15. The van der Waals surface area contributed by atoms with Gasteiger partial charge in [-0.05, 0) is 36.0 Å². The molecule has 0 radical (unpaired) electrons. The zero-order valence-electron chi connectivity index (χ0n) is 13.8. The molecule has 4 nitrogen and oxygen atoms in total. The Bertz CT molecular complexity index is 648. The third kappa shape index (κ3) is 3.94. The van der Waals surface area contributed by atoms with Gasteiger partial charge < -0.3 is 9.47 Å². The van der Waals surface area contributed by atoms with Crippen molar-refractivity contribution < 1.29 is 19.1 Å². The van der Waals surface area contributed by atoms with Crippen LogP contribution in [0.4, 0.5) is 0 Å². The van der Waals surface area contributed by atoms with Crippen molar-refractivity contribution in [3.63, 3.8) is 0 Å². The maximum atomic E-state index is 12.3. The SMILES string of the molecule is COC(=O)C(C)=C[C@H]1[C@@H](C(=O)OCc2cccc(Cl)c2)C1(C)C. The van der Waals surface area contributed by atoms with Gasteiger partial charge in [0.25, 0.3) is 0 Å². The molecule has 0 aliphatic heterocycles. The Labute approximate surface area is 141 Å². The van der Waals surface area contributed by atoms with Gasteiger partial charge in [-0.1, -0.05) is 43.7 Å². The Morgan fingerprint density at radius 1 is 1.35 bits per heavy atom. The fraction of sp³-hybridized carbons (Fsp3) is 0.444. The Morgan fingerprint density at radius 2 is 2.04 bits per heavy atom. The Hall–Kier alpha value is -1.81. The van der Waals surface area contributed by atoms with Gasteiger partial charge in [0.15, 0.2) is 0 Å². The summed E-state index contributed by atoms with van der Waals surface area (Å²) in [6.45, 7) is 5.86. The Balaban J connectivity index is 1.98. The Morgan fingerprint density at radius 3 is 2.65 bits per heavy atom. The van der Waals surface area contributed by atoms with E-state index in [1.54, 1.807) is 25.1 Å². The summed E-state index contributed by atoms with van der Waals surface area (Å²) >= 11 is 5.91. The van der Waals surface area contributed by atoms with Crippen molar-refractivity contribution in [2.45, 2.75) is 27.4 Å². The lowest BCUT2D eigenvalue weighted by Crippen LogP contribution is -2.10. The largest absolute Gasteiger partial charge is 0.466 e. The van der Waals surface area contributed by atoms with Crippen molar-refractivity contribution in [1.29, 1.82) is 0 Å². The maximum absolute atomic E-state index is 12.3. The highest BCUT2D eigenvalue weighted by molar-refractivity contribution is 6.30. The van der Waals surface area contributed by atoms with Crippen LogP contribution < -0.4 is 0 Å². The number of benzene rings is 1. The predicted octanol–water partition coefficient (Wildman–Crippen LogP) is 3.77. The van der Waals surface area contributed by atoms with E-state index in [1.807, 2.05) is 26.0 Å². The van der Waals surface area contributed by atoms with Crippen LogP contribution >= 0.6 is 11.6 Å². The van der Waals surface area contributed by atoms with Gasteiger partial charge in [0, 0.05) is 10.6 Å². The fourth-order valence-corrected chi connectivity index (χ4v) is 3.02. The van der Waals surface area contributed by atoms with Crippen molar-refractivity contribution in [3.8, 4) is 0 Å². The van der Waals surface area contributed by atoms with Crippen LogP contribution in [0.25, 0.3) is 0 Å². The van der Waals surface area contributed by atoms with Crippen LogP contribution in [0.15, 0.2) is 35.9 Å². The zero-order chi connectivity index (χ0) is 17.2. The summed E-state index contributed by atoms with van der Waals surface area (Å²) in [6.07, 6.45) is 1.80. The van der Waals surface area contributed by atoms with E-state index >= 15 is 0 Å². The molecule has 0 amide bonds. The van der Waals surface area contributed by atoms with Crippen LogP contribution in [-0.4, -0.2) is 19.0 Å². The molecule has 2 atom stereocenters. The molecule has 1 aromatic carbocycles. The lowest BCUT2D eigenvalue weighted by molar-refractivity contribution is -0.147. The van der Waals surface area contributed by atoms with Gasteiger partial charge in [-0.25, -0.2) is 4.79 Å². The molecule has 1 aliphatic rings. The first-order valence-corrected chi connectivity index (χ1v) is 7.83. The quantitative estimate of drug-likeness (QED) is 0.606. The normalized spacial score (nSPS) is 22.4. The van der Waals surface area contributed by atoms with Crippen molar-refractivity contribution in [2.24, 2.45) is 17.3 Å². The number of ether oxygens (including phenoxy) is 2. The highest BCUT2D eigenvalue weighted by Gasteiger charge is 2.61. The smallest absolute Gasteiger partial charge is 0.333 e. The van der Waals surface area contributed by atoms with E-state index in [0.717, 1.165) is 5.56 Å². The van der Waals surface area contributed by atoms with Crippen molar-refractivity contribution >= 4 is 23.5 Å². The van der Waals surface area contributed by atoms with E-state index < -0.39 is 0 Å². The molecule has 1 aliphatic carbocycles. The molecule has 2 rings (SSSR count). The second kappa shape index (κ2) is 6.75. The average molecular weight is 337 g/mol. The zero-order valence-corrected chi connectivity index (χ0v) is 14.5. The van der Waals surface area contributed by atoms with Gasteiger partial charge in [-0.3, -0.25) is 4.79 Å². The number of methoxy groups -OCH3 is 1. The standard InChI is InChI=1S/C18H21ClO4/c1-11(16(20)22-4)8-14-15(18(14,2)3)17(21)23-10-12-6-5-7-13(19)9-12/h5-9,14-15H,10H2,1-4H3/t14-,15-/m0/s1. The van der Waals surface area contributed by atoms with E-state index in [4.69, 9.17) is 16.3 Å².